The predicted octanol–water partition coefficient (Wildman–Crippen LogP) is 22.0. The summed E-state index contributed by atoms with van der Waals surface area (Å²) >= 11 is 0. The Labute approximate surface area is 581 Å². The second-order valence-corrected chi connectivity index (χ2v) is 32.0. The van der Waals surface area contributed by atoms with Crippen LogP contribution in [0.5, 0.6) is 0 Å². The van der Waals surface area contributed by atoms with Gasteiger partial charge in [0.25, 0.3) is 0 Å². The number of phosphoric ester groups is 2. The Bertz CT molecular complexity index is 1870. The summed E-state index contributed by atoms with van der Waals surface area (Å²) in [5.41, 5.74) is 0. The average molecular weight is 1400 g/mol. The molecule has 0 heterocycles. The molecule has 0 aromatic heterocycles. The molecule has 0 aromatic rings. The molecule has 6 atom stereocenters. The third kappa shape index (κ3) is 69.0. The molecule has 0 bridgehead atoms. The molecule has 0 amide bonds. The summed E-state index contributed by atoms with van der Waals surface area (Å²) in [6, 6.07) is 0. The lowest BCUT2D eigenvalue weighted by molar-refractivity contribution is -0.161. The minimum atomic E-state index is -4.96. The van der Waals surface area contributed by atoms with Crippen molar-refractivity contribution in [2.24, 2.45) is 23.7 Å². The highest BCUT2D eigenvalue weighted by Crippen LogP contribution is 2.45. The van der Waals surface area contributed by atoms with Gasteiger partial charge in [0, 0.05) is 25.7 Å². The van der Waals surface area contributed by atoms with Crippen molar-refractivity contribution < 1.29 is 80.2 Å². The zero-order valence-corrected chi connectivity index (χ0v) is 64.1. The third-order valence-electron chi connectivity index (χ3n) is 17.9. The number of aliphatic hydroxyl groups excluding tert-OH is 1. The molecule has 0 spiro atoms. The molecule has 0 aliphatic rings. The molecule has 0 radical (unpaired) electrons. The number of carbonyl (C=O) groups excluding carboxylic acids is 4. The van der Waals surface area contributed by atoms with Gasteiger partial charge in [0.1, 0.15) is 19.3 Å². The number of aliphatic hydroxyl groups is 1. The third-order valence-corrected chi connectivity index (χ3v) is 19.8. The van der Waals surface area contributed by atoms with Gasteiger partial charge in [-0.3, -0.25) is 37.3 Å². The van der Waals surface area contributed by atoms with Crippen LogP contribution in [0, 0.1) is 23.7 Å². The van der Waals surface area contributed by atoms with Gasteiger partial charge in [-0.05, 0) is 49.4 Å². The van der Waals surface area contributed by atoms with E-state index in [-0.39, 0.29) is 25.7 Å². The fraction of sp³-hybridized carbons (Fsp3) is 0.947. The highest BCUT2D eigenvalue weighted by atomic mass is 31.2. The second kappa shape index (κ2) is 65.4. The fourth-order valence-electron chi connectivity index (χ4n) is 11.5. The molecule has 0 aliphatic heterocycles. The first-order valence-corrected chi connectivity index (χ1v) is 42.2. The lowest BCUT2D eigenvalue weighted by atomic mass is 10.00. The largest absolute Gasteiger partial charge is 0.472 e. The maximum atomic E-state index is 13.1. The number of hydrogen-bond acceptors (Lipinski definition) is 15. The van der Waals surface area contributed by atoms with Crippen molar-refractivity contribution in [3.8, 4) is 0 Å². The summed E-state index contributed by atoms with van der Waals surface area (Å²) in [4.78, 5) is 72.7. The van der Waals surface area contributed by atoms with Crippen molar-refractivity contribution in [1.82, 2.24) is 0 Å². The Morgan fingerprint density at radius 3 is 0.747 bits per heavy atom. The van der Waals surface area contributed by atoms with Crippen LogP contribution in [0.4, 0.5) is 0 Å². The van der Waals surface area contributed by atoms with E-state index in [1.165, 1.54) is 173 Å². The Morgan fingerprint density at radius 1 is 0.295 bits per heavy atom. The molecule has 0 aromatic carbocycles. The number of rotatable bonds is 73. The van der Waals surface area contributed by atoms with Crippen LogP contribution < -0.4 is 0 Å². The van der Waals surface area contributed by atoms with Gasteiger partial charge >= 0.3 is 39.5 Å². The summed E-state index contributed by atoms with van der Waals surface area (Å²) in [5, 5.41) is 10.6. The molecule has 95 heavy (non-hydrogen) atoms. The van der Waals surface area contributed by atoms with Crippen molar-refractivity contribution in [3.63, 3.8) is 0 Å². The molecule has 0 aliphatic carbocycles. The first kappa shape index (κ1) is 93.1. The number of hydrogen-bond donors (Lipinski definition) is 3. The van der Waals surface area contributed by atoms with E-state index in [4.69, 9.17) is 37.0 Å². The van der Waals surface area contributed by atoms with E-state index in [1.807, 2.05) is 0 Å². The number of unbranched alkanes of at least 4 members (excludes halogenated alkanes) is 38. The Balaban J connectivity index is 5.16. The first-order chi connectivity index (χ1) is 45.6. The minimum Gasteiger partial charge on any atom is -0.462 e. The van der Waals surface area contributed by atoms with Crippen LogP contribution in [0.3, 0.4) is 0 Å². The second-order valence-electron chi connectivity index (χ2n) is 29.1. The van der Waals surface area contributed by atoms with Crippen molar-refractivity contribution in [2.75, 3.05) is 39.6 Å². The molecule has 564 valence electrons. The normalized spacial score (nSPS) is 14.4. The van der Waals surface area contributed by atoms with Crippen LogP contribution in [0.25, 0.3) is 0 Å². The molecule has 0 fully saturated rings. The lowest BCUT2D eigenvalue weighted by Crippen LogP contribution is -2.30. The van der Waals surface area contributed by atoms with Gasteiger partial charge in [0.2, 0.25) is 0 Å². The Hall–Kier alpha value is -1.94. The zero-order valence-electron chi connectivity index (χ0n) is 62.3. The van der Waals surface area contributed by atoms with Gasteiger partial charge in [0.05, 0.1) is 26.4 Å². The highest BCUT2D eigenvalue weighted by Gasteiger charge is 2.30. The maximum Gasteiger partial charge on any atom is 0.472 e. The SMILES string of the molecule is CCC(C)CCCCCCCCC(=O)OC[C@H](COP(=O)(O)OCC(O)COP(=O)(O)OC[C@@H](COC(=O)CCCCCCCCC(C)C)OC(=O)CCCCCCCCCCCCCCCCCCCCC(C)C)OC(=O)CCCCCCCCCCCCCCC(C)C. The molecular formula is C76H148O17P2. The topological polar surface area (TPSA) is 237 Å². The molecule has 4 unspecified atom stereocenters. The van der Waals surface area contributed by atoms with Gasteiger partial charge in [-0.25, -0.2) is 9.13 Å². The van der Waals surface area contributed by atoms with E-state index in [2.05, 4.69) is 55.4 Å². The molecule has 17 nitrogen and oxygen atoms in total. The summed E-state index contributed by atoms with van der Waals surface area (Å²) in [6.07, 6.45) is 50.3. The minimum absolute atomic E-state index is 0.105. The average Bonchev–Trinajstić information content (AvgIpc) is 1.98. The quantitative estimate of drug-likeness (QED) is 0.0222. The molecule has 0 saturated carbocycles. The van der Waals surface area contributed by atoms with Crippen molar-refractivity contribution in [3.05, 3.63) is 0 Å². The van der Waals surface area contributed by atoms with E-state index in [9.17, 15) is 43.2 Å². The number of phosphoric acid groups is 2. The smallest absolute Gasteiger partial charge is 0.462 e. The first-order valence-electron chi connectivity index (χ1n) is 39.2. The summed E-state index contributed by atoms with van der Waals surface area (Å²) in [5.74, 6) is 0.882. The van der Waals surface area contributed by atoms with E-state index in [1.54, 1.807) is 0 Å². The maximum absolute atomic E-state index is 13.1. The Morgan fingerprint density at radius 2 is 0.505 bits per heavy atom. The van der Waals surface area contributed by atoms with Gasteiger partial charge < -0.3 is 33.8 Å². The van der Waals surface area contributed by atoms with Gasteiger partial charge in [-0.1, -0.05) is 331 Å². The van der Waals surface area contributed by atoms with Crippen molar-refractivity contribution in [1.29, 1.82) is 0 Å². The van der Waals surface area contributed by atoms with Crippen LogP contribution in [0.2, 0.25) is 0 Å². The van der Waals surface area contributed by atoms with Gasteiger partial charge in [0.15, 0.2) is 12.2 Å². The van der Waals surface area contributed by atoms with E-state index >= 15 is 0 Å². The van der Waals surface area contributed by atoms with Crippen LogP contribution in [-0.4, -0.2) is 96.7 Å². The van der Waals surface area contributed by atoms with Gasteiger partial charge in [-0.15, -0.1) is 0 Å². The van der Waals surface area contributed by atoms with Crippen LogP contribution >= 0.6 is 15.6 Å². The summed E-state index contributed by atoms with van der Waals surface area (Å²) < 4.78 is 68.4. The predicted molar refractivity (Wildman–Crippen MR) is 386 cm³/mol. The number of ether oxygens (including phenoxy) is 4. The summed E-state index contributed by atoms with van der Waals surface area (Å²) in [7, 11) is -9.91. The van der Waals surface area contributed by atoms with E-state index in [0.717, 1.165) is 120 Å². The summed E-state index contributed by atoms with van der Waals surface area (Å²) in [6.45, 7) is 14.1. The van der Waals surface area contributed by atoms with Crippen LogP contribution in [-0.2, 0) is 65.4 Å². The lowest BCUT2D eigenvalue weighted by Gasteiger charge is -2.21. The molecule has 3 N–H and O–H groups in total. The molecule has 19 heteroatoms. The van der Waals surface area contributed by atoms with Crippen LogP contribution in [0.15, 0.2) is 0 Å². The molecular weight excluding hydrogens is 1250 g/mol. The highest BCUT2D eigenvalue weighted by molar-refractivity contribution is 7.47. The Kier molecular flexibility index (Phi) is 64.0. The molecule has 0 saturated heterocycles. The monoisotopic (exact) mass is 1400 g/mol. The van der Waals surface area contributed by atoms with Gasteiger partial charge in [-0.2, -0.15) is 0 Å². The number of carbonyl (C=O) groups is 4. The van der Waals surface area contributed by atoms with Crippen molar-refractivity contribution >= 4 is 39.5 Å². The van der Waals surface area contributed by atoms with E-state index in [0.29, 0.717) is 31.6 Å². The number of esters is 4. The fourth-order valence-corrected chi connectivity index (χ4v) is 13.1. The molecule has 0 rings (SSSR count). The van der Waals surface area contributed by atoms with E-state index < -0.39 is 97.5 Å². The standard InChI is InChI=1S/C76H148O17P2/c1-9-69(8)55-47-39-33-35-41-49-57-74(79)87-63-72(93-76(81)59-51-43-31-27-23-19-18-21-25-29-37-45-53-67(4)5)65-91-95(84,85)89-61-70(77)60-88-94(82,83)90-64-71(62-86-73(78)56-48-40-34-32-38-46-54-68(6)7)92-75(80)58-50-42-30-26-22-17-15-13-11-10-12-14-16-20-24-28-36-44-52-66(2)3/h66-72,77H,9-65H2,1-8H3,(H,82,83)(H,84,85)/t69?,70?,71-,72-/m1/s1. The zero-order chi connectivity index (χ0) is 70.3. The van der Waals surface area contributed by atoms with Crippen molar-refractivity contribution in [2.45, 2.75) is 401 Å². The van der Waals surface area contributed by atoms with Crippen LogP contribution in [0.1, 0.15) is 383 Å².